The lowest BCUT2D eigenvalue weighted by Gasteiger charge is -2.30. The van der Waals surface area contributed by atoms with Crippen LogP contribution in [0, 0.1) is 0 Å². The molecule has 0 aliphatic rings. The lowest BCUT2D eigenvalue weighted by molar-refractivity contribution is -0.248. The second-order valence-corrected chi connectivity index (χ2v) is 14.1. The van der Waals surface area contributed by atoms with Crippen molar-refractivity contribution >= 4 is 0 Å². The van der Waals surface area contributed by atoms with E-state index >= 15 is 0 Å². The third-order valence-electron chi connectivity index (χ3n) is 9.46. The quantitative estimate of drug-likeness (QED) is 0.0389. The molecule has 0 N–H and O–H groups in total. The van der Waals surface area contributed by atoms with Crippen molar-refractivity contribution in [1.29, 1.82) is 0 Å². The SMILES string of the molecule is CCCCCCCCCCC(OCC)=C(OCC)C(OCc1ccccc1)OC(OCc1ccccc1)C(OCC)=C(CCCCCCCCCC)OCC. The first-order valence-electron chi connectivity index (χ1n) is 22.0. The normalized spacial score (nSPS) is 13.5. The summed E-state index contributed by atoms with van der Waals surface area (Å²) in [6.45, 7) is 15.1. The smallest absolute Gasteiger partial charge is 0.223 e. The highest BCUT2D eigenvalue weighted by atomic mass is 16.8. The molecular weight excluding hydrogens is 689 g/mol. The highest BCUT2D eigenvalue weighted by molar-refractivity contribution is 5.15. The summed E-state index contributed by atoms with van der Waals surface area (Å²) >= 11 is 0. The monoisotopic (exact) mass is 767 g/mol. The summed E-state index contributed by atoms with van der Waals surface area (Å²) in [5.41, 5.74) is 2.06. The molecule has 0 amide bonds. The van der Waals surface area contributed by atoms with Crippen molar-refractivity contribution < 1.29 is 33.2 Å². The highest BCUT2D eigenvalue weighted by Crippen LogP contribution is 2.29. The topological polar surface area (TPSA) is 64.6 Å². The molecule has 2 unspecified atom stereocenters. The van der Waals surface area contributed by atoms with Gasteiger partial charge in [-0.05, 0) is 51.7 Å². The third-order valence-corrected chi connectivity index (χ3v) is 9.46. The summed E-state index contributed by atoms with van der Waals surface area (Å²) in [4.78, 5) is 0. The number of benzene rings is 2. The van der Waals surface area contributed by atoms with Crippen molar-refractivity contribution in [3.05, 3.63) is 94.8 Å². The molecule has 2 rings (SSSR count). The van der Waals surface area contributed by atoms with Gasteiger partial charge in [-0.1, -0.05) is 164 Å². The zero-order chi connectivity index (χ0) is 39.6. The average molecular weight is 767 g/mol. The minimum atomic E-state index is -0.932. The number of rotatable bonds is 36. The van der Waals surface area contributed by atoms with Crippen LogP contribution >= 0.6 is 0 Å². The molecule has 0 spiro atoms. The number of allylic oxidation sites excluding steroid dienone is 2. The van der Waals surface area contributed by atoms with Crippen LogP contribution in [-0.2, 0) is 46.4 Å². The van der Waals surface area contributed by atoms with Gasteiger partial charge in [0.15, 0.2) is 11.5 Å². The Kier molecular flexibility index (Phi) is 29.0. The van der Waals surface area contributed by atoms with Gasteiger partial charge < -0.3 is 33.2 Å². The minimum absolute atomic E-state index is 0.314. The van der Waals surface area contributed by atoms with Gasteiger partial charge in [-0.3, -0.25) is 0 Å². The second kappa shape index (κ2) is 33.2. The Bertz CT molecular complexity index is 1130. The molecular formula is C48H78O7. The standard InChI is InChI=1S/C48H78O7/c1-7-13-15-17-19-21-23-31-37-43(49-9-3)45(51-11-5)47(53-39-41-33-27-25-28-34-41)55-48(54-40-42-35-29-26-30-36-42)46(52-12-6)44(50-10-4)38-32-24-22-20-18-16-14-8-2/h25-30,33-36,47-48H,7-24,31-32,37-40H2,1-6H3. The Hall–Kier alpha value is -3.00. The zero-order valence-corrected chi connectivity index (χ0v) is 35.8. The van der Waals surface area contributed by atoms with Gasteiger partial charge in [0, 0.05) is 12.8 Å². The van der Waals surface area contributed by atoms with E-state index in [-0.39, 0.29) is 0 Å². The van der Waals surface area contributed by atoms with E-state index in [0.29, 0.717) is 51.2 Å². The molecule has 2 aromatic carbocycles. The van der Waals surface area contributed by atoms with Crippen LogP contribution in [0.5, 0.6) is 0 Å². The van der Waals surface area contributed by atoms with E-state index in [0.717, 1.165) is 61.2 Å². The van der Waals surface area contributed by atoms with Crippen molar-refractivity contribution in [3.8, 4) is 0 Å². The molecule has 312 valence electrons. The molecule has 0 saturated carbocycles. The molecule has 0 aliphatic carbocycles. The summed E-state index contributed by atoms with van der Waals surface area (Å²) in [5, 5.41) is 0. The first-order chi connectivity index (χ1) is 27.1. The molecule has 0 fully saturated rings. The molecule has 7 nitrogen and oxygen atoms in total. The van der Waals surface area contributed by atoms with Crippen LogP contribution in [0.25, 0.3) is 0 Å². The van der Waals surface area contributed by atoms with E-state index < -0.39 is 12.6 Å². The Morgan fingerprint density at radius 1 is 0.400 bits per heavy atom. The minimum Gasteiger partial charge on any atom is -0.495 e. The molecule has 0 heterocycles. The van der Waals surface area contributed by atoms with E-state index in [1.165, 1.54) is 77.0 Å². The van der Waals surface area contributed by atoms with Crippen LogP contribution in [0.1, 0.15) is 168 Å². The van der Waals surface area contributed by atoms with Gasteiger partial charge in [-0.15, -0.1) is 0 Å². The first-order valence-corrected chi connectivity index (χ1v) is 22.0. The third kappa shape index (κ3) is 21.8. The molecule has 2 atom stereocenters. The van der Waals surface area contributed by atoms with Gasteiger partial charge in [-0.25, -0.2) is 0 Å². The van der Waals surface area contributed by atoms with Gasteiger partial charge in [-0.2, -0.15) is 0 Å². The van der Waals surface area contributed by atoms with Crippen molar-refractivity contribution in [1.82, 2.24) is 0 Å². The maximum atomic E-state index is 6.97. The molecule has 0 saturated heterocycles. The molecule has 0 bridgehead atoms. The summed E-state index contributed by atoms with van der Waals surface area (Å²) in [6.07, 6.45) is 19.3. The van der Waals surface area contributed by atoms with Crippen molar-refractivity contribution in [2.75, 3.05) is 26.4 Å². The van der Waals surface area contributed by atoms with E-state index in [1.54, 1.807) is 0 Å². The van der Waals surface area contributed by atoms with Crippen LogP contribution in [0.15, 0.2) is 83.7 Å². The predicted molar refractivity (Wildman–Crippen MR) is 226 cm³/mol. The van der Waals surface area contributed by atoms with Gasteiger partial charge in [0.05, 0.1) is 39.6 Å². The lowest BCUT2D eigenvalue weighted by atomic mass is 10.1. The van der Waals surface area contributed by atoms with Crippen LogP contribution < -0.4 is 0 Å². The zero-order valence-electron chi connectivity index (χ0n) is 35.8. The fourth-order valence-corrected chi connectivity index (χ4v) is 6.55. The van der Waals surface area contributed by atoms with Gasteiger partial charge in [0.25, 0.3) is 0 Å². The van der Waals surface area contributed by atoms with Crippen LogP contribution in [0.4, 0.5) is 0 Å². The predicted octanol–water partition coefficient (Wildman–Crippen LogP) is 13.7. The van der Waals surface area contributed by atoms with Crippen LogP contribution in [0.3, 0.4) is 0 Å². The molecule has 0 radical (unpaired) electrons. The van der Waals surface area contributed by atoms with Crippen molar-refractivity contribution in [3.63, 3.8) is 0 Å². The molecule has 7 heteroatoms. The number of unbranched alkanes of at least 4 members (excludes halogenated alkanes) is 14. The number of hydrogen-bond donors (Lipinski definition) is 0. The van der Waals surface area contributed by atoms with Gasteiger partial charge in [0.2, 0.25) is 12.6 Å². The van der Waals surface area contributed by atoms with E-state index in [4.69, 9.17) is 33.2 Å². The maximum absolute atomic E-state index is 6.97. The average Bonchev–Trinajstić information content (AvgIpc) is 3.21. The van der Waals surface area contributed by atoms with E-state index in [1.807, 2.05) is 64.1 Å². The summed E-state index contributed by atoms with van der Waals surface area (Å²) in [6, 6.07) is 20.3. The number of hydrogen-bond acceptors (Lipinski definition) is 7. The Labute approximate surface area is 336 Å². The van der Waals surface area contributed by atoms with E-state index in [9.17, 15) is 0 Å². The summed E-state index contributed by atoms with van der Waals surface area (Å²) in [7, 11) is 0. The summed E-state index contributed by atoms with van der Waals surface area (Å²) < 4.78 is 45.9. The van der Waals surface area contributed by atoms with Crippen molar-refractivity contribution in [2.24, 2.45) is 0 Å². The highest BCUT2D eigenvalue weighted by Gasteiger charge is 2.32. The molecule has 2 aromatic rings. The van der Waals surface area contributed by atoms with Gasteiger partial charge in [0.1, 0.15) is 11.5 Å². The second-order valence-electron chi connectivity index (χ2n) is 14.1. The fourth-order valence-electron chi connectivity index (χ4n) is 6.55. The van der Waals surface area contributed by atoms with E-state index in [2.05, 4.69) is 38.1 Å². The largest absolute Gasteiger partial charge is 0.495 e. The van der Waals surface area contributed by atoms with Gasteiger partial charge >= 0.3 is 0 Å². The summed E-state index contributed by atoms with van der Waals surface area (Å²) in [5.74, 6) is 2.63. The van der Waals surface area contributed by atoms with Crippen molar-refractivity contribution in [2.45, 2.75) is 183 Å². The molecule has 0 aliphatic heterocycles. The number of ether oxygens (including phenoxy) is 7. The van der Waals surface area contributed by atoms with Crippen LogP contribution in [0.2, 0.25) is 0 Å². The maximum Gasteiger partial charge on any atom is 0.223 e. The first kappa shape index (κ1) is 48.1. The lowest BCUT2D eigenvalue weighted by Crippen LogP contribution is -2.33. The Morgan fingerprint density at radius 2 is 0.727 bits per heavy atom. The Balaban J connectivity index is 2.50. The fraction of sp³-hybridized carbons (Fsp3) is 0.667. The van der Waals surface area contributed by atoms with Crippen LogP contribution in [-0.4, -0.2) is 39.0 Å². The Morgan fingerprint density at radius 3 is 1.05 bits per heavy atom. The molecule has 0 aromatic heterocycles. The molecule has 55 heavy (non-hydrogen) atoms.